The fourth-order valence-corrected chi connectivity index (χ4v) is 6.39. The van der Waals surface area contributed by atoms with Crippen LogP contribution in [-0.4, -0.2) is 58.8 Å². The van der Waals surface area contributed by atoms with Gasteiger partial charge in [-0.15, -0.1) is 12.6 Å². The molecule has 204 valence electrons. The Morgan fingerprint density at radius 2 is 1.73 bits per heavy atom. The van der Waals surface area contributed by atoms with Gasteiger partial charge in [0.15, 0.2) is 6.04 Å². The van der Waals surface area contributed by atoms with E-state index in [1.807, 2.05) is 30.3 Å². The third kappa shape index (κ3) is 8.00. The van der Waals surface area contributed by atoms with Crippen LogP contribution in [-0.2, 0) is 26.1 Å². The molecule has 1 heterocycles. The summed E-state index contributed by atoms with van der Waals surface area (Å²) in [6, 6.07) is 8.71. The Labute approximate surface area is 232 Å². The van der Waals surface area contributed by atoms with Crippen molar-refractivity contribution in [2.24, 2.45) is 16.8 Å². The molecule has 0 bridgehead atoms. The molecule has 0 radical (unpaired) electrons. The Bertz CT molecular complexity index is 916. The quantitative estimate of drug-likeness (QED) is 0.220. The van der Waals surface area contributed by atoms with Crippen molar-refractivity contribution in [3.63, 3.8) is 0 Å². The maximum absolute atomic E-state index is 13.5. The van der Waals surface area contributed by atoms with Gasteiger partial charge in [-0.2, -0.15) is 0 Å². The molecular weight excluding hydrogens is 509 g/mol. The average molecular weight is 551 g/mol. The largest absolute Gasteiger partial charge is 2.00 e. The van der Waals surface area contributed by atoms with E-state index in [0.29, 0.717) is 5.92 Å². The van der Waals surface area contributed by atoms with Gasteiger partial charge >= 0.3 is 22.5 Å². The fraction of sp³-hybridized carbons (Fsp3) is 0.633. The molecule has 1 aliphatic heterocycles. The van der Waals surface area contributed by atoms with Crippen LogP contribution in [0.4, 0.5) is 0 Å². The summed E-state index contributed by atoms with van der Waals surface area (Å²) in [6.45, 7) is 5.74. The molecule has 4 rings (SSSR count). The van der Waals surface area contributed by atoms with Crippen molar-refractivity contribution in [2.45, 2.75) is 95.2 Å². The first-order valence-corrected chi connectivity index (χ1v) is 14.0. The number of amides is 1. The van der Waals surface area contributed by atoms with E-state index < -0.39 is 12.0 Å². The fourth-order valence-electron chi connectivity index (χ4n) is 6.39. The van der Waals surface area contributed by atoms with Crippen LogP contribution in [0, 0.1) is 11.8 Å². The minimum Gasteiger partial charge on any atom is -0.649 e. The number of carbonyl (C=O) groups excluding carboxylic acids is 1. The van der Waals surface area contributed by atoms with Crippen molar-refractivity contribution >= 4 is 17.6 Å². The summed E-state index contributed by atoms with van der Waals surface area (Å²) in [4.78, 5) is 32.7. The number of rotatable bonds is 10. The molecule has 1 amide bonds. The molecule has 1 aromatic rings. The molecule has 6 nitrogen and oxygen atoms in total. The molecule has 3 aliphatic rings. The van der Waals surface area contributed by atoms with Crippen molar-refractivity contribution in [1.29, 1.82) is 0 Å². The van der Waals surface area contributed by atoms with E-state index in [9.17, 15) is 14.7 Å². The normalized spacial score (nSPS) is 26.2. The maximum atomic E-state index is 13.5. The summed E-state index contributed by atoms with van der Waals surface area (Å²) in [6.07, 6.45) is 14.2. The minimum atomic E-state index is -0.951. The summed E-state index contributed by atoms with van der Waals surface area (Å²) in [7, 11) is 0. The van der Waals surface area contributed by atoms with Crippen molar-refractivity contribution in [3.05, 3.63) is 53.9 Å². The van der Waals surface area contributed by atoms with Gasteiger partial charge in [-0.1, -0.05) is 74.9 Å². The van der Waals surface area contributed by atoms with Gasteiger partial charge in [0.05, 0.1) is 11.9 Å². The number of aliphatic carboxylic acids is 1. The standard InChI is InChI=1S/C30H43N3O3.Ni/c1-2-12-26(30(35)36)31-28(23-15-7-4-8-16-23)24-17-9-10-18-25(24)32-29(34)27-19-11-20-33(27)21-22-13-5-3-6-14-22;/h2,4,7-8,15-16,22,24-27H,1,3,5-6,9-14,17-21H2,(H2,32,34,35,36);/q;+2/p-1/t24?,25?,26-,27?;/m0./s1. The number of aliphatic imine (C=N–C) groups is 1. The predicted octanol–water partition coefficient (Wildman–Crippen LogP) is 6.01. The molecule has 37 heavy (non-hydrogen) atoms. The van der Waals surface area contributed by atoms with E-state index in [1.54, 1.807) is 6.08 Å². The summed E-state index contributed by atoms with van der Waals surface area (Å²) in [5.41, 5.74) is 1.70. The minimum absolute atomic E-state index is 0. The number of benzene rings is 1. The second-order valence-electron chi connectivity index (χ2n) is 10.8. The maximum Gasteiger partial charge on any atom is 2.00 e. The van der Waals surface area contributed by atoms with E-state index in [2.05, 4.69) is 11.5 Å². The zero-order chi connectivity index (χ0) is 25.3. The van der Waals surface area contributed by atoms with Gasteiger partial charge in [0.1, 0.15) is 0 Å². The molecule has 1 N–H and O–H groups in total. The first kappa shape index (κ1) is 29.6. The molecule has 1 saturated heterocycles. The first-order chi connectivity index (χ1) is 17.6. The first-order valence-electron chi connectivity index (χ1n) is 14.0. The van der Waals surface area contributed by atoms with Gasteiger partial charge in [-0.25, -0.2) is 4.79 Å². The van der Waals surface area contributed by atoms with E-state index in [4.69, 9.17) is 10.3 Å². The topological polar surface area (TPSA) is 84.1 Å². The van der Waals surface area contributed by atoms with Crippen molar-refractivity contribution in [2.75, 3.05) is 13.1 Å². The summed E-state index contributed by atoms with van der Waals surface area (Å²) in [5.74, 6) is -0.268. The van der Waals surface area contributed by atoms with E-state index >= 15 is 0 Å². The van der Waals surface area contributed by atoms with Gasteiger partial charge in [0.2, 0.25) is 0 Å². The van der Waals surface area contributed by atoms with Gasteiger partial charge in [-0.05, 0) is 62.5 Å². The molecule has 1 aromatic carbocycles. The number of hydrogen-bond donors (Lipinski definition) is 1. The Hall–Kier alpha value is -1.98. The van der Waals surface area contributed by atoms with Crippen LogP contribution in [0.1, 0.15) is 82.6 Å². The Balaban J connectivity index is 0.00000380. The summed E-state index contributed by atoms with van der Waals surface area (Å²) < 4.78 is 0. The molecule has 0 spiro atoms. The monoisotopic (exact) mass is 550 g/mol. The third-order valence-electron chi connectivity index (χ3n) is 8.28. The summed E-state index contributed by atoms with van der Waals surface area (Å²) >= 11 is 0. The van der Waals surface area contributed by atoms with Crippen molar-refractivity contribution in [3.8, 4) is 0 Å². The molecular formula is C30H42N3NiO3+. The Kier molecular flexibility index (Phi) is 11.9. The van der Waals surface area contributed by atoms with E-state index in [1.165, 1.54) is 32.1 Å². The molecule has 2 aliphatic carbocycles. The predicted molar refractivity (Wildman–Crippen MR) is 144 cm³/mol. The second-order valence-corrected chi connectivity index (χ2v) is 10.8. The summed E-state index contributed by atoms with van der Waals surface area (Å²) in [5, 5.41) is 14.6. The number of carboxylic acids is 1. The number of nitrogens with zero attached hydrogens (tertiary/aromatic N) is 3. The third-order valence-corrected chi connectivity index (χ3v) is 8.28. The Morgan fingerprint density at radius 1 is 1.03 bits per heavy atom. The Morgan fingerprint density at radius 3 is 2.43 bits per heavy atom. The van der Waals surface area contributed by atoms with Crippen LogP contribution >= 0.6 is 0 Å². The van der Waals surface area contributed by atoms with E-state index in [-0.39, 0.29) is 46.8 Å². The molecule has 4 atom stereocenters. The average Bonchev–Trinajstić information content (AvgIpc) is 3.36. The van der Waals surface area contributed by atoms with Gasteiger partial charge in [0, 0.05) is 12.3 Å². The molecule has 7 heteroatoms. The van der Waals surface area contributed by atoms with Crippen LogP contribution in [0.5, 0.6) is 0 Å². The van der Waals surface area contributed by atoms with Crippen LogP contribution in [0.3, 0.4) is 0 Å². The van der Waals surface area contributed by atoms with Crippen LogP contribution in [0.25, 0.3) is 5.32 Å². The second kappa shape index (κ2) is 14.8. The zero-order valence-electron chi connectivity index (χ0n) is 21.9. The van der Waals surface area contributed by atoms with Crippen LogP contribution in [0.15, 0.2) is 48.0 Å². The van der Waals surface area contributed by atoms with Crippen molar-refractivity contribution < 1.29 is 31.2 Å². The number of carbonyl (C=O) groups is 2. The van der Waals surface area contributed by atoms with Crippen LogP contribution in [0.2, 0.25) is 0 Å². The molecule has 3 unspecified atom stereocenters. The molecule has 0 aromatic heterocycles. The van der Waals surface area contributed by atoms with Gasteiger partial charge in [-0.3, -0.25) is 9.89 Å². The molecule has 2 saturated carbocycles. The van der Waals surface area contributed by atoms with Gasteiger partial charge < -0.3 is 15.2 Å². The van der Waals surface area contributed by atoms with Gasteiger partial charge in [0.25, 0.3) is 0 Å². The zero-order valence-corrected chi connectivity index (χ0v) is 22.9. The molecule has 3 fully saturated rings. The SMILES string of the molecule is C=CC[C@H](N=C(c1ccccc1)C1CCCCC1[N-]C(=O)C1CCCN1CC1CCCCC1)C(=O)O.[Ni+2]. The smallest absolute Gasteiger partial charge is 0.649 e. The number of carboxylic acid groups (broad SMARTS) is 1. The van der Waals surface area contributed by atoms with E-state index in [0.717, 1.165) is 62.9 Å². The van der Waals surface area contributed by atoms with Crippen LogP contribution < -0.4 is 0 Å². The number of hydrogen-bond acceptors (Lipinski definition) is 4. The number of likely N-dealkylation sites (tertiary alicyclic amines) is 1. The van der Waals surface area contributed by atoms with Crippen molar-refractivity contribution in [1.82, 2.24) is 4.90 Å².